The number of hydrogen-bond acceptors (Lipinski definition) is 3. The second-order valence-electron chi connectivity index (χ2n) is 4.93. The fourth-order valence-electron chi connectivity index (χ4n) is 2.15. The molecule has 0 aliphatic carbocycles. The Bertz CT molecular complexity index is 524. The molecule has 0 bridgehead atoms. The SMILES string of the molecule is CCCCC(CC)CNc1nc2ccc(F)cc2s1. The van der Waals surface area contributed by atoms with E-state index in [4.69, 9.17) is 0 Å². The average Bonchev–Trinajstić information content (AvgIpc) is 2.81. The Morgan fingerprint density at radius 1 is 1.37 bits per heavy atom. The van der Waals surface area contributed by atoms with Gasteiger partial charge in [0.1, 0.15) is 5.82 Å². The van der Waals surface area contributed by atoms with E-state index in [2.05, 4.69) is 24.1 Å². The molecule has 0 fully saturated rings. The van der Waals surface area contributed by atoms with Gasteiger partial charge in [0.15, 0.2) is 5.13 Å². The number of nitrogens with zero attached hydrogens (tertiary/aromatic N) is 1. The Hall–Kier alpha value is -1.16. The standard InChI is InChI=1S/C15H21FN2S/c1-3-5-6-11(4-2)10-17-15-18-13-8-7-12(16)9-14(13)19-15/h7-9,11H,3-6,10H2,1-2H3,(H,17,18). The Balaban J connectivity index is 1.97. The largest absolute Gasteiger partial charge is 0.361 e. The number of rotatable bonds is 7. The third kappa shape index (κ3) is 3.90. The second kappa shape index (κ2) is 6.85. The van der Waals surface area contributed by atoms with Crippen molar-refractivity contribution in [2.45, 2.75) is 39.5 Å². The topological polar surface area (TPSA) is 24.9 Å². The van der Waals surface area contributed by atoms with Gasteiger partial charge < -0.3 is 5.32 Å². The van der Waals surface area contributed by atoms with E-state index in [0.717, 1.165) is 21.9 Å². The van der Waals surface area contributed by atoms with E-state index in [0.29, 0.717) is 5.92 Å². The number of benzene rings is 1. The first kappa shape index (κ1) is 14.3. The van der Waals surface area contributed by atoms with Gasteiger partial charge in [-0.3, -0.25) is 0 Å². The van der Waals surface area contributed by atoms with Crippen LogP contribution in [-0.2, 0) is 0 Å². The lowest BCUT2D eigenvalue weighted by atomic mass is 10.00. The predicted octanol–water partition coefficient (Wildman–Crippen LogP) is 5.06. The van der Waals surface area contributed by atoms with Crippen molar-refractivity contribution < 1.29 is 4.39 Å². The molecule has 0 radical (unpaired) electrons. The van der Waals surface area contributed by atoms with E-state index in [1.165, 1.54) is 43.1 Å². The summed E-state index contributed by atoms with van der Waals surface area (Å²) in [6.45, 7) is 5.41. The van der Waals surface area contributed by atoms with Crippen LogP contribution in [0.1, 0.15) is 39.5 Å². The summed E-state index contributed by atoms with van der Waals surface area (Å²) in [5, 5.41) is 4.30. The number of thiazole rings is 1. The maximum atomic E-state index is 13.1. The fourth-order valence-corrected chi connectivity index (χ4v) is 3.05. The summed E-state index contributed by atoms with van der Waals surface area (Å²) in [5.41, 5.74) is 0.871. The summed E-state index contributed by atoms with van der Waals surface area (Å²) >= 11 is 1.53. The highest BCUT2D eigenvalue weighted by atomic mass is 32.1. The highest BCUT2D eigenvalue weighted by Crippen LogP contribution is 2.27. The van der Waals surface area contributed by atoms with E-state index >= 15 is 0 Å². The molecule has 1 aromatic heterocycles. The summed E-state index contributed by atoms with van der Waals surface area (Å²) in [6.07, 6.45) is 4.98. The Labute approximate surface area is 118 Å². The van der Waals surface area contributed by atoms with Crippen molar-refractivity contribution in [3.8, 4) is 0 Å². The Morgan fingerprint density at radius 3 is 2.95 bits per heavy atom. The number of anilines is 1. The Morgan fingerprint density at radius 2 is 2.21 bits per heavy atom. The minimum absolute atomic E-state index is 0.197. The zero-order valence-electron chi connectivity index (χ0n) is 11.6. The third-order valence-electron chi connectivity index (χ3n) is 3.44. The number of fused-ring (bicyclic) bond motifs is 1. The molecule has 1 N–H and O–H groups in total. The van der Waals surface area contributed by atoms with Crippen molar-refractivity contribution in [2.75, 3.05) is 11.9 Å². The predicted molar refractivity (Wildman–Crippen MR) is 81.4 cm³/mol. The molecule has 1 heterocycles. The number of nitrogens with one attached hydrogen (secondary N) is 1. The molecule has 1 aromatic carbocycles. The van der Waals surface area contributed by atoms with Crippen LogP contribution in [0.4, 0.5) is 9.52 Å². The summed E-state index contributed by atoms with van der Waals surface area (Å²) in [5.74, 6) is 0.501. The molecule has 0 saturated heterocycles. The zero-order valence-corrected chi connectivity index (χ0v) is 12.4. The molecular formula is C15H21FN2S. The highest BCUT2D eigenvalue weighted by Gasteiger charge is 2.08. The van der Waals surface area contributed by atoms with Crippen molar-refractivity contribution in [1.82, 2.24) is 4.98 Å². The number of unbranched alkanes of at least 4 members (excludes halogenated alkanes) is 1. The van der Waals surface area contributed by atoms with Gasteiger partial charge in [-0.05, 0) is 30.5 Å². The zero-order chi connectivity index (χ0) is 13.7. The lowest BCUT2D eigenvalue weighted by Crippen LogP contribution is -2.13. The van der Waals surface area contributed by atoms with Crippen LogP contribution >= 0.6 is 11.3 Å². The first-order valence-electron chi connectivity index (χ1n) is 7.02. The summed E-state index contributed by atoms with van der Waals surface area (Å²) in [4.78, 5) is 4.48. The molecule has 2 nitrogen and oxygen atoms in total. The Kier molecular flexibility index (Phi) is 5.14. The molecule has 0 aliphatic heterocycles. The van der Waals surface area contributed by atoms with Crippen molar-refractivity contribution in [3.63, 3.8) is 0 Å². The van der Waals surface area contributed by atoms with Crippen LogP contribution in [0, 0.1) is 11.7 Å². The van der Waals surface area contributed by atoms with Gasteiger partial charge >= 0.3 is 0 Å². The summed E-state index contributed by atoms with van der Waals surface area (Å²) < 4.78 is 14.0. The third-order valence-corrected chi connectivity index (χ3v) is 4.41. The smallest absolute Gasteiger partial charge is 0.183 e. The molecule has 104 valence electrons. The van der Waals surface area contributed by atoms with E-state index in [-0.39, 0.29) is 5.82 Å². The average molecular weight is 280 g/mol. The monoisotopic (exact) mass is 280 g/mol. The highest BCUT2D eigenvalue weighted by molar-refractivity contribution is 7.22. The molecule has 19 heavy (non-hydrogen) atoms. The normalized spacial score (nSPS) is 12.8. The van der Waals surface area contributed by atoms with Crippen LogP contribution in [0.3, 0.4) is 0 Å². The van der Waals surface area contributed by atoms with Crippen LogP contribution < -0.4 is 5.32 Å². The van der Waals surface area contributed by atoms with Gasteiger partial charge in [-0.1, -0.05) is 44.4 Å². The lowest BCUT2D eigenvalue weighted by molar-refractivity contribution is 0.473. The molecule has 4 heteroatoms. The quantitative estimate of drug-likeness (QED) is 0.766. The van der Waals surface area contributed by atoms with Crippen LogP contribution in [0.2, 0.25) is 0 Å². The molecule has 0 aliphatic rings. The van der Waals surface area contributed by atoms with Crippen molar-refractivity contribution in [3.05, 3.63) is 24.0 Å². The van der Waals surface area contributed by atoms with Crippen molar-refractivity contribution >= 4 is 26.7 Å². The van der Waals surface area contributed by atoms with Gasteiger partial charge in [-0.2, -0.15) is 0 Å². The first-order valence-corrected chi connectivity index (χ1v) is 7.84. The molecule has 2 aromatic rings. The fraction of sp³-hybridized carbons (Fsp3) is 0.533. The van der Waals surface area contributed by atoms with E-state index < -0.39 is 0 Å². The molecule has 1 unspecified atom stereocenters. The maximum absolute atomic E-state index is 13.1. The molecular weight excluding hydrogens is 259 g/mol. The van der Waals surface area contributed by atoms with E-state index in [1.807, 2.05) is 0 Å². The van der Waals surface area contributed by atoms with Gasteiger partial charge in [-0.15, -0.1) is 0 Å². The molecule has 1 atom stereocenters. The van der Waals surface area contributed by atoms with Gasteiger partial charge in [0, 0.05) is 6.54 Å². The van der Waals surface area contributed by atoms with Gasteiger partial charge in [-0.25, -0.2) is 9.37 Å². The van der Waals surface area contributed by atoms with Crippen LogP contribution in [-0.4, -0.2) is 11.5 Å². The number of aromatic nitrogens is 1. The van der Waals surface area contributed by atoms with E-state index in [9.17, 15) is 4.39 Å². The number of halogens is 1. The summed E-state index contributed by atoms with van der Waals surface area (Å²) in [6, 6.07) is 4.75. The van der Waals surface area contributed by atoms with Crippen LogP contribution in [0.5, 0.6) is 0 Å². The van der Waals surface area contributed by atoms with Gasteiger partial charge in [0.2, 0.25) is 0 Å². The lowest BCUT2D eigenvalue weighted by Gasteiger charge is -2.14. The minimum Gasteiger partial charge on any atom is -0.361 e. The van der Waals surface area contributed by atoms with E-state index in [1.54, 1.807) is 12.1 Å². The molecule has 2 rings (SSSR count). The molecule has 0 saturated carbocycles. The molecule has 0 amide bonds. The summed E-state index contributed by atoms with van der Waals surface area (Å²) in [7, 11) is 0. The first-order chi connectivity index (χ1) is 9.22. The second-order valence-corrected chi connectivity index (χ2v) is 5.96. The van der Waals surface area contributed by atoms with Gasteiger partial charge in [0.25, 0.3) is 0 Å². The molecule has 0 spiro atoms. The maximum Gasteiger partial charge on any atom is 0.183 e. The van der Waals surface area contributed by atoms with Gasteiger partial charge in [0.05, 0.1) is 10.2 Å². The van der Waals surface area contributed by atoms with Crippen LogP contribution in [0.25, 0.3) is 10.2 Å². The van der Waals surface area contributed by atoms with Crippen LogP contribution in [0.15, 0.2) is 18.2 Å². The number of hydrogen-bond donors (Lipinski definition) is 1. The minimum atomic E-state index is -0.197. The van der Waals surface area contributed by atoms with Crippen molar-refractivity contribution in [2.24, 2.45) is 5.92 Å². The van der Waals surface area contributed by atoms with Crippen molar-refractivity contribution in [1.29, 1.82) is 0 Å².